The Kier molecular flexibility index (Phi) is 4.88. The van der Waals surface area contributed by atoms with E-state index in [1.165, 1.54) is 12.1 Å². The zero-order valence-corrected chi connectivity index (χ0v) is 12.1. The summed E-state index contributed by atoms with van der Waals surface area (Å²) in [5, 5.41) is 0. The molecule has 3 heteroatoms. The third-order valence-electron chi connectivity index (χ3n) is 4.21. The lowest BCUT2D eigenvalue weighted by atomic mass is 9.93. The third kappa shape index (κ3) is 3.30. The van der Waals surface area contributed by atoms with E-state index >= 15 is 0 Å². The molecule has 0 bridgehead atoms. The van der Waals surface area contributed by atoms with Crippen LogP contribution in [-0.2, 0) is 0 Å². The first-order valence-corrected chi connectivity index (χ1v) is 6.53. The highest BCUT2D eigenvalue weighted by Crippen LogP contribution is 2.25. The fraction of sp³-hybridized carbons (Fsp3) is 0.600. The molecule has 1 aromatic rings. The van der Waals surface area contributed by atoms with Gasteiger partial charge in [-0.1, -0.05) is 19.1 Å². The summed E-state index contributed by atoms with van der Waals surface area (Å²) in [6.45, 7) is 8.71. The SMILES string of the molecule is CCC(C)(C)N(C)C(C)C(N)c1ccc(F)cc1. The van der Waals surface area contributed by atoms with Gasteiger partial charge in [0.25, 0.3) is 0 Å². The van der Waals surface area contributed by atoms with Gasteiger partial charge in [0.2, 0.25) is 0 Å². The van der Waals surface area contributed by atoms with Crippen LogP contribution in [0.4, 0.5) is 4.39 Å². The van der Waals surface area contributed by atoms with Gasteiger partial charge < -0.3 is 5.73 Å². The average molecular weight is 252 g/mol. The lowest BCUT2D eigenvalue weighted by Gasteiger charge is -2.41. The highest BCUT2D eigenvalue weighted by Gasteiger charge is 2.29. The molecule has 0 saturated carbocycles. The zero-order chi connectivity index (χ0) is 13.9. The van der Waals surface area contributed by atoms with Crippen molar-refractivity contribution in [2.75, 3.05) is 7.05 Å². The van der Waals surface area contributed by atoms with Crippen molar-refractivity contribution in [3.63, 3.8) is 0 Å². The van der Waals surface area contributed by atoms with Gasteiger partial charge >= 0.3 is 0 Å². The lowest BCUT2D eigenvalue weighted by Crippen LogP contribution is -2.49. The van der Waals surface area contributed by atoms with Crippen LogP contribution in [0.1, 0.15) is 45.7 Å². The van der Waals surface area contributed by atoms with Crippen LogP contribution >= 0.6 is 0 Å². The van der Waals surface area contributed by atoms with Crippen LogP contribution in [0.3, 0.4) is 0 Å². The summed E-state index contributed by atoms with van der Waals surface area (Å²) in [6, 6.07) is 6.55. The van der Waals surface area contributed by atoms with Crippen molar-refractivity contribution in [2.45, 2.75) is 51.7 Å². The molecule has 2 unspecified atom stereocenters. The minimum Gasteiger partial charge on any atom is -0.323 e. The molecule has 0 heterocycles. The molecule has 0 aliphatic heterocycles. The molecule has 2 N–H and O–H groups in total. The number of hydrogen-bond donors (Lipinski definition) is 1. The molecule has 0 fully saturated rings. The number of hydrogen-bond acceptors (Lipinski definition) is 2. The maximum atomic E-state index is 12.9. The standard InChI is InChI=1S/C15H25FN2/c1-6-15(3,4)18(5)11(2)14(17)12-7-9-13(16)10-8-12/h7-11,14H,6,17H2,1-5H3. The van der Waals surface area contributed by atoms with E-state index in [4.69, 9.17) is 5.73 Å². The van der Waals surface area contributed by atoms with Gasteiger partial charge in [0.1, 0.15) is 5.82 Å². The topological polar surface area (TPSA) is 29.3 Å². The van der Waals surface area contributed by atoms with Crippen molar-refractivity contribution in [1.82, 2.24) is 4.90 Å². The first-order valence-electron chi connectivity index (χ1n) is 6.53. The minimum atomic E-state index is -0.221. The molecule has 0 spiro atoms. The summed E-state index contributed by atoms with van der Waals surface area (Å²) in [7, 11) is 2.09. The van der Waals surface area contributed by atoms with Gasteiger partial charge in [-0.15, -0.1) is 0 Å². The van der Waals surface area contributed by atoms with Gasteiger partial charge in [0.05, 0.1) is 0 Å². The van der Waals surface area contributed by atoms with Gasteiger partial charge in [0, 0.05) is 17.6 Å². The summed E-state index contributed by atoms with van der Waals surface area (Å²) in [6.07, 6.45) is 1.06. The second-order valence-corrected chi connectivity index (χ2v) is 5.59. The van der Waals surface area contributed by atoms with E-state index in [1.54, 1.807) is 12.1 Å². The molecule has 0 amide bonds. The normalized spacial score (nSPS) is 15.8. The summed E-state index contributed by atoms with van der Waals surface area (Å²) in [5.41, 5.74) is 7.36. The predicted octanol–water partition coefficient (Wildman–Crippen LogP) is 3.33. The predicted molar refractivity (Wildman–Crippen MR) is 74.9 cm³/mol. The molecule has 1 aromatic carbocycles. The second-order valence-electron chi connectivity index (χ2n) is 5.59. The van der Waals surface area contributed by atoms with Crippen LogP contribution in [0.2, 0.25) is 0 Å². The average Bonchev–Trinajstić information content (AvgIpc) is 2.37. The van der Waals surface area contributed by atoms with Crippen LogP contribution in [-0.4, -0.2) is 23.5 Å². The number of halogens is 1. The molecule has 0 aromatic heterocycles. The Bertz CT molecular complexity index is 373. The fourth-order valence-corrected chi connectivity index (χ4v) is 2.01. The van der Waals surface area contributed by atoms with Crippen molar-refractivity contribution < 1.29 is 4.39 Å². The van der Waals surface area contributed by atoms with E-state index < -0.39 is 0 Å². The molecule has 0 aliphatic rings. The summed E-state index contributed by atoms with van der Waals surface area (Å²) >= 11 is 0. The second kappa shape index (κ2) is 5.81. The number of likely N-dealkylation sites (N-methyl/N-ethyl adjacent to an activating group) is 1. The lowest BCUT2D eigenvalue weighted by molar-refractivity contribution is 0.0914. The number of nitrogens with two attached hydrogens (primary N) is 1. The number of nitrogens with zero attached hydrogens (tertiary/aromatic N) is 1. The highest BCUT2D eigenvalue weighted by atomic mass is 19.1. The van der Waals surface area contributed by atoms with E-state index in [0.29, 0.717) is 0 Å². The Morgan fingerprint density at radius 2 is 1.78 bits per heavy atom. The Morgan fingerprint density at radius 3 is 2.22 bits per heavy atom. The van der Waals surface area contributed by atoms with Crippen molar-refractivity contribution in [3.05, 3.63) is 35.6 Å². The van der Waals surface area contributed by atoms with Crippen LogP contribution < -0.4 is 5.73 Å². The van der Waals surface area contributed by atoms with E-state index in [-0.39, 0.29) is 23.4 Å². The van der Waals surface area contributed by atoms with Crippen molar-refractivity contribution in [1.29, 1.82) is 0 Å². The van der Waals surface area contributed by atoms with Crippen LogP contribution in [0, 0.1) is 5.82 Å². The summed E-state index contributed by atoms with van der Waals surface area (Å²) in [4.78, 5) is 2.29. The van der Waals surface area contributed by atoms with E-state index in [1.807, 2.05) is 0 Å². The molecular weight excluding hydrogens is 227 g/mol. The third-order valence-corrected chi connectivity index (χ3v) is 4.21. The summed E-state index contributed by atoms with van der Waals surface area (Å²) < 4.78 is 12.9. The Morgan fingerprint density at radius 1 is 1.28 bits per heavy atom. The largest absolute Gasteiger partial charge is 0.323 e. The van der Waals surface area contributed by atoms with Gasteiger partial charge in [-0.25, -0.2) is 4.39 Å². The van der Waals surface area contributed by atoms with E-state index in [0.717, 1.165) is 12.0 Å². The van der Waals surface area contributed by atoms with Crippen LogP contribution in [0.5, 0.6) is 0 Å². The molecule has 18 heavy (non-hydrogen) atoms. The Hall–Kier alpha value is -0.930. The number of rotatable bonds is 5. The molecule has 0 aliphatic carbocycles. The van der Waals surface area contributed by atoms with Crippen LogP contribution in [0.15, 0.2) is 24.3 Å². The molecular formula is C15H25FN2. The monoisotopic (exact) mass is 252 g/mol. The molecule has 102 valence electrons. The maximum absolute atomic E-state index is 12.9. The summed E-state index contributed by atoms with van der Waals surface area (Å²) in [5.74, 6) is -0.221. The van der Waals surface area contributed by atoms with Gasteiger partial charge in [0.15, 0.2) is 0 Å². The van der Waals surface area contributed by atoms with Crippen molar-refractivity contribution in [2.24, 2.45) is 5.73 Å². The fourth-order valence-electron chi connectivity index (χ4n) is 2.01. The molecule has 0 saturated heterocycles. The van der Waals surface area contributed by atoms with Crippen LogP contribution in [0.25, 0.3) is 0 Å². The van der Waals surface area contributed by atoms with Crippen molar-refractivity contribution >= 4 is 0 Å². The maximum Gasteiger partial charge on any atom is 0.123 e. The highest BCUT2D eigenvalue weighted by molar-refractivity contribution is 5.21. The first-order chi connectivity index (χ1) is 8.29. The quantitative estimate of drug-likeness (QED) is 0.871. The van der Waals surface area contributed by atoms with Gasteiger partial charge in [-0.2, -0.15) is 0 Å². The van der Waals surface area contributed by atoms with E-state index in [2.05, 4.69) is 39.6 Å². The Balaban J connectivity index is 2.83. The smallest absolute Gasteiger partial charge is 0.123 e. The number of benzene rings is 1. The first kappa shape index (κ1) is 15.1. The van der Waals surface area contributed by atoms with E-state index in [9.17, 15) is 4.39 Å². The van der Waals surface area contributed by atoms with Gasteiger partial charge in [-0.05, 0) is 51.9 Å². The molecule has 2 atom stereocenters. The minimum absolute atomic E-state index is 0.108. The Labute approximate surface area is 110 Å². The molecule has 0 radical (unpaired) electrons. The van der Waals surface area contributed by atoms with Gasteiger partial charge in [-0.3, -0.25) is 4.90 Å². The molecule has 1 rings (SSSR count). The molecule has 2 nitrogen and oxygen atoms in total. The zero-order valence-electron chi connectivity index (χ0n) is 12.1. The van der Waals surface area contributed by atoms with Crippen molar-refractivity contribution in [3.8, 4) is 0 Å².